The van der Waals surface area contributed by atoms with Crippen LogP contribution < -0.4 is 0 Å². The molecular weight excluding hydrogens is 526 g/mol. The van der Waals surface area contributed by atoms with Gasteiger partial charge in [-0.05, 0) is 65.6 Å². The third-order valence-corrected chi connectivity index (χ3v) is 7.35. The molecule has 3 aromatic heterocycles. The maximum Gasteiger partial charge on any atom is 0.163 e. The van der Waals surface area contributed by atoms with E-state index in [2.05, 4.69) is 82.8 Å². The van der Waals surface area contributed by atoms with Crippen molar-refractivity contribution in [3.8, 4) is 67.5 Å². The smallest absolute Gasteiger partial charge is 0.163 e. The molecule has 0 spiro atoms. The van der Waals surface area contributed by atoms with Crippen LogP contribution in [0, 0.1) is 6.92 Å². The molecule has 3 heterocycles. The number of benzene rings is 4. The monoisotopic (exact) mass is 553 g/mol. The maximum absolute atomic E-state index is 4.91. The Kier molecular flexibility index (Phi) is 7.04. The van der Waals surface area contributed by atoms with Crippen LogP contribution in [0.2, 0.25) is 0 Å². The Morgan fingerprint density at radius 3 is 1.19 bits per heavy atom. The molecule has 0 aliphatic carbocycles. The lowest BCUT2D eigenvalue weighted by Gasteiger charge is -2.10. The van der Waals surface area contributed by atoms with Crippen LogP contribution in [0.3, 0.4) is 0 Å². The first-order chi connectivity index (χ1) is 21.2. The number of aryl methyl sites for hydroxylation is 1. The zero-order chi connectivity index (χ0) is 29.0. The highest BCUT2D eigenvalue weighted by Gasteiger charge is 2.11. The Hall–Kier alpha value is -5.81. The standard InChI is InChI=1S/C38H27N5/c1-26-41-37(33-10-6-8-31(24-33)27-14-18-29(19-15-27)35-12-2-4-22-39-35)43-38(42-26)34-11-7-9-32(25-34)28-16-20-30(21-17-28)36-13-3-5-23-40-36/h2-25H,1H3. The van der Waals surface area contributed by atoms with Crippen LogP contribution in [0.1, 0.15) is 5.82 Å². The quantitative estimate of drug-likeness (QED) is 0.206. The van der Waals surface area contributed by atoms with E-state index in [0.29, 0.717) is 17.5 Å². The minimum absolute atomic E-state index is 0.652. The molecule has 204 valence electrons. The Bertz CT molecular complexity index is 1860. The van der Waals surface area contributed by atoms with Gasteiger partial charge < -0.3 is 0 Å². The molecule has 0 atom stereocenters. The van der Waals surface area contributed by atoms with Crippen molar-refractivity contribution in [2.24, 2.45) is 0 Å². The highest BCUT2D eigenvalue weighted by molar-refractivity contribution is 5.75. The number of rotatable bonds is 6. The molecule has 7 rings (SSSR count). The highest BCUT2D eigenvalue weighted by atomic mass is 15.0. The van der Waals surface area contributed by atoms with Gasteiger partial charge in [-0.1, -0.05) is 97.1 Å². The molecule has 7 aromatic rings. The van der Waals surface area contributed by atoms with Gasteiger partial charge in [0.25, 0.3) is 0 Å². The maximum atomic E-state index is 4.91. The van der Waals surface area contributed by atoms with E-state index in [1.165, 1.54) is 0 Å². The predicted molar refractivity (Wildman–Crippen MR) is 173 cm³/mol. The summed E-state index contributed by atoms with van der Waals surface area (Å²) < 4.78 is 0. The SMILES string of the molecule is Cc1nc(-c2cccc(-c3ccc(-c4ccccn4)cc3)c2)nc(-c2cccc(-c3ccc(-c4ccccn4)cc3)c2)n1. The molecule has 0 aliphatic heterocycles. The van der Waals surface area contributed by atoms with Gasteiger partial charge >= 0.3 is 0 Å². The van der Waals surface area contributed by atoms with Crippen LogP contribution in [-0.4, -0.2) is 24.9 Å². The minimum Gasteiger partial charge on any atom is -0.256 e. The first-order valence-corrected chi connectivity index (χ1v) is 14.2. The van der Waals surface area contributed by atoms with Crippen LogP contribution >= 0.6 is 0 Å². The molecule has 0 saturated carbocycles. The van der Waals surface area contributed by atoms with Gasteiger partial charge in [-0.15, -0.1) is 0 Å². The number of hydrogen-bond acceptors (Lipinski definition) is 5. The van der Waals surface area contributed by atoms with E-state index in [0.717, 1.165) is 55.9 Å². The summed E-state index contributed by atoms with van der Waals surface area (Å²) in [4.78, 5) is 23.2. The van der Waals surface area contributed by atoms with Gasteiger partial charge in [-0.25, -0.2) is 15.0 Å². The van der Waals surface area contributed by atoms with Gasteiger partial charge in [0.2, 0.25) is 0 Å². The summed E-state index contributed by atoms with van der Waals surface area (Å²) in [5.41, 5.74) is 10.4. The largest absolute Gasteiger partial charge is 0.256 e. The highest BCUT2D eigenvalue weighted by Crippen LogP contribution is 2.30. The van der Waals surface area contributed by atoms with E-state index in [9.17, 15) is 0 Å². The second kappa shape index (κ2) is 11.6. The first kappa shape index (κ1) is 26.1. The number of aromatic nitrogens is 5. The second-order valence-corrected chi connectivity index (χ2v) is 10.3. The number of hydrogen-bond donors (Lipinski definition) is 0. The molecule has 0 bridgehead atoms. The minimum atomic E-state index is 0.652. The molecule has 0 N–H and O–H groups in total. The third kappa shape index (κ3) is 5.69. The number of pyridine rings is 2. The normalized spacial score (nSPS) is 10.9. The van der Waals surface area contributed by atoms with Crippen molar-refractivity contribution < 1.29 is 0 Å². The van der Waals surface area contributed by atoms with Crippen molar-refractivity contribution in [2.45, 2.75) is 6.92 Å². The summed E-state index contributed by atoms with van der Waals surface area (Å²) in [6.07, 6.45) is 3.63. The molecule has 5 nitrogen and oxygen atoms in total. The van der Waals surface area contributed by atoms with Gasteiger partial charge in [-0.2, -0.15) is 0 Å². The summed E-state index contributed by atoms with van der Waals surface area (Å²) in [6.45, 7) is 1.91. The average molecular weight is 554 g/mol. The van der Waals surface area contributed by atoms with E-state index < -0.39 is 0 Å². The zero-order valence-electron chi connectivity index (χ0n) is 23.6. The molecule has 0 radical (unpaired) electrons. The predicted octanol–water partition coefficient (Wildman–Crippen LogP) is 8.97. The van der Waals surface area contributed by atoms with E-state index >= 15 is 0 Å². The fraction of sp³-hybridized carbons (Fsp3) is 0.0263. The van der Waals surface area contributed by atoms with Gasteiger partial charge in [0.05, 0.1) is 11.4 Å². The van der Waals surface area contributed by atoms with E-state index in [1.807, 2.05) is 80.0 Å². The Balaban J connectivity index is 1.17. The first-order valence-electron chi connectivity index (χ1n) is 14.2. The summed E-state index contributed by atoms with van der Waals surface area (Å²) >= 11 is 0. The van der Waals surface area contributed by atoms with Gasteiger partial charge in [0.15, 0.2) is 11.6 Å². The lowest BCUT2D eigenvalue weighted by Crippen LogP contribution is -1.99. The van der Waals surface area contributed by atoms with Crippen molar-refractivity contribution in [1.82, 2.24) is 24.9 Å². The van der Waals surface area contributed by atoms with Crippen molar-refractivity contribution in [1.29, 1.82) is 0 Å². The fourth-order valence-electron chi connectivity index (χ4n) is 5.15. The average Bonchev–Trinajstić information content (AvgIpc) is 3.09. The van der Waals surface area contributed by atoms with Crippen LogP contribution in [-0.2, 0) is 0 Å². The fourth-order valence-corrected chi connectivity index (χ4v) is 5.15. The Morgan fingerprint density at radius 1 is 0.349 bits per heavy atom. The number of nitrogens with zero attached hydrogens (tertiary/aromatic N) is 5. The summed E-state index contributed by atoms with van der Waals surface area (Å²) in [5, 5.41) is 0. The van der Waals surface area contributed by atoms with E-state index in [-0.39, 0.29) is 0 Å². The molecule has 0 saturated heterocycles. The van der Waals surface area contributed by atoms with E-state index in [1.54, 1.807) is 0 Å². The van der Waals surface area contributed by atoms with Gasteiger partial charge in [0.1, 0.15) is 5.82 Å². The Morgan fingerprint density at radius 2 is 0.767 bits per heavy atom. The van der Waals surface area contributed by atoms with Crippen molar-refractivity contribution in [2.75, 3.05) is 0 Å². The molecule has 5 heteroatoms. The second-order valence-electron chi connectivity index (χ2n) is 10.3. The summed E-state index contributed by atoms with van der Waals surface area (Å²) in [5.74, 6) is 1.98. The van der Waals surface area contributed by atoms with Gasteiger partial charge in [0, 0.05) is 34.6 Å². The summed E-state index contributed by atoms with van der Waals surface area (Å²) in [7, 11) is 0. The molecule has 4 aromatic carbocycles. The molecular formula is C38H27N5. The van der Waals surface area contributed by atoms with Crippen molar-refractivity contribution in [3.05, 3.63) is 152 Å². The molecule has 43 heavy (non-hydrogen) atoms. The molecule has 0 aliphatic rings. The van der Waals surface area contributed by atoms with Crippen LogP contribution in [0.5, 0.6) is 0 Å². The molecule has 0 amide bonds. The summed E-state index contributed by atoms with van der Waals surface area (Å²) in [6, 6.07) is 45.5. The zero-order valence-corrected chi connectivity index (χ0v) is 23.6. The Labute approximate surface area is 250 Å². The van der Waals surface area contributed by atoms with E-state index in [4.69, 9.17) is 15.0 Å². The lowest BCUT2D eigenvalue weighted by atomic mass is 10.00. The lowest BCUT2D eigenvalue weighted by molar-refractivity contribution is 0.992. The van der Waals surface area contributed by atoms with Gasteiger partial charge in [-0.3, -0.25) is 9.97 Å². The third-order valence-electron chi connectivity index (χ3n) is 7.35. The van der Waals surface area contributed by atoms with Crippen LogP contribution in [0.25, 0.3) is 67.5 Å². The van der Waals surface area contributed by atoms with Crippen molar-refractivity contribution >= 4 is 0 Å². The molecule has 0 fully saturated rings. The topological polar surface area (TPSA) is 64.5 Å². The van der Waals surface area contributed by atoms with Crippen molar-refractivity contribution in [3.63, 3.8) is 0 Å². The molecule has 0 unspecified atom stereocenters. The van der Waals surface area contributed by atoms with Crippen LogP contribution in [0.15, 0.2) is 146 Å². The van der Waals surface area contributed by atoms with Crippen LogP contribution in [0.4, 0.5) is 0 Å².